The Balaban J connectivity index is 2.51. The quantitative estimate of drug-likeness (QED) is 0.222. The minimum atomic E-state index is -0.771. The SMILES string of the molecule is CC(C)CCCNC(=O)C1(C(N)=NO)CCCC1. The third-order valence-corrected chi connectivity index (χ3v) is 3.73. The van der Waals surface area contributed by atoms with E-state index >= 15 is 0 Å². The molecule has 0 saturated heterocycles. The first-order valence-electron chi connectivity index (χ1n) is 6.79. The van der Waals surface area contributed by atoms with Crippen LogP contribution < -0.4 is 11.1 Å². The highest BCUT2D eigenvalue weighted by Crippen LogP contribution is 2.38. The predicted molar refractivity (Wildman–Crippen MR) is 71.4 cm³/mol. The first-order valence-corrected chi connectivity index (χ1v) is 6.79. The van der Waals surface area contributed by atoms with E-state index in [1.54, 1.807) is 0 Å². The summed E-state index contributed by atoms with van der Waals surface area (Å²) in [6.07, 6.45) is 5.33. The number of hydrogen-bond donors (Lipinski definition) is 3. The van der Waals surface area contributed by atoms with Crippen molar-refractivity contribution in [3.8, 4) is 0 Å². The van der Waals surface area contributed by atoms with Gasteiger partial charge in [-0.25, -0.2) is 0 Å². The van der Waals surface area contributed by atoms with Crippen molar-refractivity contribution in [1.29, 1.82) is 0 Å². The Morgan fingerprint density at radius 2 is 2.06 bits per heavy atom. The number of carbonyl (C=O) groups is 1. The van der Waals surface area contributed by atoms with E-state index in [9.17, 15) is 4.79 Å². The Bertz CT molecular complexity index is 307. The summed E-state index contributed by atoms with van der Waals surface area (Å²) >= 11 is 0. The van der Waals surface area contributed by atoms with E-state index in [1.807, 2.05) is 0 Å². The number of carbonyl (C=O) groups excluding carboxylic acids is 1. The Morgan fingerprint density at radius 1 is 1.44 bits per heavy atom. The lowest BCUT2D eigenvalue weighted by Gasteiger charge is -2.26. The van der Waals surface area contributed by atoms with Crippen molar-refractivity contribution < 1.29 is 10.0 Å². The van der Waals surface area contributed by atoms with Gasteiger partial charge in [-0.15, -0.1) is 0 Å². The van der Waals surface area contributed by atoms with Crippen LogP contribution in [0.25, 0.3) is 0 Å². The molecule has 1 aliphatic carbocycles. The van der Waals surface area contributed by atoms with Gasteiger partial charge in [-0.3, -0.25) is 4.79 Å². The number of amides is 1. The molecule has 1 aliphatic rings. The van der Waals surface area contributed by atoms with Crippen LogP contribution in [0.5, 0.6) is 0 Å². The Morgan fingerprint density at radius 3 is 2.56 bits per heavy atom. The van der Waals surface area contributed by atoms with Gasteiger partial charge in [0.25, 0.3) is 0 Å². The number of nitrogens with two attached hydrogens (primary N) is 1. The largest absolute Gasteiger partial charge is 0.409 e. The van der Waals surface area contributed by atoms with Gasteiger partial charge in [0.1, 0.15) is 5.41 Å². The molecule has 104 valence electrons. The highest BCUT2D eigenvalue weighted by Gasteiger charge is 2.45. The van der Waals surface area contributed by atoms with Gasteiger partial charge in [-0.1, -0.05) is 31.8 Å². The third kappa shape index (κ3) is 3.37. The fraction of sp³-hybridized carbons (Fsp3) is 0.846. The van der Waals surface area contributed by atoms with Crippen molar-refractivity contribution in [2.24, 2.45) is 22.2 Å². The summed E-state index contributed by atoms with van der Waals surface area (Å²) in [6, 6.07) is 0. The first-order chi connectivity index (χ1) is 8.53. The Kier molecular flexibility index (Phi) is 5.44. The zero-order valence-electron chi connectivity index (χ0n) is 11.4. The molecule has 5 nitrogen and oxygen atoms in total. The zero-order chi connectivity index (χ0) is 13.6. The molecule has 1 saturated carbocycles. The fourth-order valence-electron chi connectivity index (χ4n) is 2.56. The van der Waals surface area contributed by atoms with Crippen LogP contribution in [0.4, 0.5) is 0 Å². The molecule has 0 atom stereocenters. The lowest BCUT2D eigenvalue weighted by Crippen LogP contribution is -2.48. The van der Waals surface area contributed by atoms with Crippen molar-refractivity contribution in [1.82, 2.24) is 5.32 Å². The van der Waals surface area contributed by atoms with E-state index in [-0.39, 0.29) is 11.7 Å². The van der Waals surface area contributed by atoms with Crippen LogP contribution >= 0.6 is 0 Å². The Hall–Kier alpha value is -1.26. The molecule has 0 aliphatic heterocycles. The maximum absolute atomic E-state index is 12.2. The van der Waals surface area contributed by atoms with Gasteiger partial charge in [0.2, 0.25) is 5.91 Å². The number of oxime groups is 1. The molecule has 1 amide bonds. The van der Waals surface area contributed by atoms with E-state index in [1.165, 1.54) is 0 Å². The summed E-state index contributed by atoms with van der Waals surface area (Å²) < 4.78 is 0. The fourth-order valence-corrected chi connectivity index (χ4v) is 2.56. The molecule has 18 heavy (non-hydrogen) atoms. The highest BCUT2D eigenvalue weighted by atomic mass is 16.4. The van der Waals surface area contributed by atoms with E-state index in [0.29, 0.717) is 25.3 Å². The number of nitrogens with zero attached hydrogens (tertiary/aromatic N) is 1. The summed E-state index contributed by atoms with van der Waals surface area (Å²) in [7, 11) is 0. The lowest BCUT2D eigenvalue weighted by molar-refractivity contribution is -0.127. The molecule has 0 radical (unpaired) electrons. The van der Waals surface area contributed by atoms with Gasteiger partial charge < -0.3 is 16.3 Å². The summed E-state index contributed by atoms with van der Waals surface area (Å²) in [4.78, 5) is 12.2. The molecule has 0 heterocycles. The number of rotatable bonds is 6. The summed E-state index contributed by atoms with van der Waals surface area (Å²) in [5.41, 5.74) is 4.93. The standard InChI is InChI=1S/C13H25N3O2/c1-10(2)6-5-9-15-12(17)13(11(14)16-18)7-3-4-8-13/h10,18H,3-9H2,1-2H3,(H2,14,16)(H,15,17). The van der Waals surface area contributed by atoms with Gasteiger partial charge in [-0.2, -0.15) is 0 Å². The van der Waals surface area contributed by atoms with E-state index in [0.717, 1.165) is 25.7 Å². The number of amidine groups is 1. The van der Waals surface area contributed by atoms with Crippen LogP contribution in [0.3, 0.4) is 0 Å². The number of nitrogens with one attached hydrogen (secondary N) is 1. The average Bonchev–Trinajstić information content (AvgIpc) is 2.83. The first kappa shape index (κ1) is 14.8. The molecule has 0 aromatic carbocycles. The molecular formula is C13H25N3O2. The van der Waals surface area contributed by atoms with Crippen LogP contribution in [0.15, 0.2) is 5.16 Å². The zero-order valence-corrected chi connectivity index (χ0v) is 11.4. The maximum atomic E-state index is 12.2. The number of hydrogen-bond acceptors (Lipinski definition) is 3. The smallest absolute Gasteiger partial charge is 0.233 e. The van der Waals surface area contributed by atoms with Crippen molar-refractivity contribution in [2.45, 2.75) is 52.4 Å². The van der Waals surface area contributed by atoms with Crippen molar-refractivity contribution in [3.63, 3.8) is 0 Å². The molecule has 0 aromatic heterocycles. The maximum Gasteiger partial charge on any atom is 0.233 e. The summed E-state index contributed by atoms with van der Waals surface area (Å²) in [5.74, 6) is 0.617. The molecule has 0 unspecified atom stereocenters. The van der Waals surface area contributed by atoms with Gasteiger partial charge in [0.05, 0.1) is 0 Å². The van der Waals surface area contributed by atoms with Crippen molar-refractivity contribution in [3.05, 3.63) is 0 Å². The molecule has 5 heteroatoms. The van der Waals surface area contributed by atoms with Crippen LogP contribution in [0.2, 0.25) is 0 Å². The van der Waals surface area contributed by atoms with E-state index in [4.69, 9.17) is 10.9 Å². The molecule has 1 rings (SSSR count). The second-order valence-electron chi connectivity index (χ2n) is 5.57. The molecule has 0 aromatic rings. The Labute approximate surface area is 109 Å². The normalized spacial score (nSPS) is 19.2. The monoisotopic (exact) mass is 255 g/mol. The topological polar surface area (TPSA) is 87.7 Å². The van der Waals surface area contributed by atoms with Gasteiger partial charge in [0, 0.05) is 6.54 Å². The highest BCUT2D eigenvalue weighted by molar-refractivity contribution is 6.07. The second kappa shape index (κ2) is 6.61. The van der Waals surface area contributed by atoms with E-state index < -0.39 is 5.41 Å². The van der Waals surface area contributed by atoms with Gasteiger partial charge in [0.15, 0.2) is 5.84 Å². The molecule has 1 fully saturated rings. The van der Waals surface area contributed by atoms with Crippen LogP contribution in [0, 0.1) is 11.3 Å². The van der Waals surface area contributed by atoms with Gasteiger partial charge >= 0.3 is 0 Å². The molecule has 4 N–H and O–H groups in total. The average molecular weight is 255 g/mol. The van der Waals surface area contributed by atoms with Crippen LogP contribution in [-0.4, -0.2) is 23.5 Å². The third-order valence-electron chi connectivity index (χ3n) is 3.73. The predicted octanol–water partition coefficient (Wildman–Crippen LogP) is 1.85. The molecular weight excluding hydrogens is 230 g/mol. The van der Waals surface area contributed by atoms with Gasteiger partial charge in [-0.05, 0) is 31.6 Å². The minimum Gasteiger partial charge on any atom is -0.409 e. The van der Waals surface area contributed by atoms with Crippen molar-refractivity contribution >= 4 is 11.7 Å². The molecule has 0 bridgehead atoms. The lowest BCUT2D eigenvalue weighted by atomic mass is 9.83. The van der Waals surface area contributed by atoms with Crippen molar-refractivity contribution in [2.75, 3.05) is 6.54 Å². The minimum absolute atomic E-state index is 0.0568. The van der Waals surface area contributed by atoms with E-state index in [2.05, 4.69) is 24.3 Å². The van der Waals surface area contributed by atoms with Crippen LogP contribution in [0.1, 0.15) is 52.4 Å². The summed E-state index contributed by atoms with van der Waals surface area (Å²) in [5, 5.41) is 14.8. The second-order valence-corrected chi connectivity index (χ2v) is 5.57. The molecule has 0 spiro atoms. The van der Waals surface area contributed by atoms with Crippen LogP contribution in [-0.2, 0) is 4.79 Å². The summed E-state index contributed by atoms with van der Waals surface area (Å²) in [6.45, 7) is 4.99.